The zero-order chi connectivity index (χ0) is 20.9. The van der Waals surface area contributed by atoms with Crippen LogP contribution in [0, 0.1) is 0 Å². The van der Waals surface area contributed by atoms with Crippen molar-refractivity contribution in [1.29, 1.82) is 0 Å². The Bertz CT molecular complexity index is 951. The predicted octanol–water partition coefficient (Wildman–Crippen LogP) is 5.33. The minimum absolute atomic E-state index is 0.0747. The number of hydrogen-bond donors (Lipinski definition) is 1. The maximum absolute atomic E-state index is 12.2. The fourth-order valence-corrected chi connectivity index (χ4v) is 3.12. The summed E-state index contributed by atoms with van der Waals surface area (Å²) in [6.07, 6.45) is 0. The summed E-state index contributed by atoms with van der Waals surface area (Å²) < 4.78 is 11.0. The van der Waals surface area contributed by atoms with Crippen molar-refractivity contribution in [3.8, 4) is 5.75 Å². The summed E-state index contributed by atoms with van der Waals surface area (Å²) in [5, 5.41) is 11.7. The number of ether oxygens (including phenoxy) is 1. The molecule has 0 aliphatic heterocycles. The Labute approximate surface area is 179 Å². The molecule has 0 aliphatic carbocycles. The van der Waals surface area contributed by atoms with Gasteiger partial charge in [0.05, 0.1) is 5.75 Å². The van der Waals surface area contributed by atoms with Gasteiger partial charge >= 0.3 is 0 Å². The Hall–Kier alpha value is -2.51. The van der Waals surface area contributed by atoms with Gasteiger partial charge in [0.2, 0.25) is 5.91 Å². The van der Waals surface area contributed by atoms with Gasteiger partial charge in [0, 0.05) is 10.7 Å². The summed E-state index contributed by atoms with van der Waals surface area (Å²) >= 11 is 7.01. The zero-order valence-corrected chi connectivity index (χ0v) is 18.0. The van der Waals surface area contributed by atoms with Gasteiger partial charge in [0.15, 0.2) is 6.61 Å². The number of nitrogens with zero attached hydrogens (tertiary/aromatic N) is 2. The lowest BCUT2D eigenvalue weighted by Gasteiger charge is -2.19. The molecule has 3 aromatic rings. The predicted molar refractivity (Wildman–Crippen MR) is 115 cm³/mol. The highest BCUT2D eigenvalue weighted by molar-refractivity contribution is 7.99. The number of hydrogen-bond acceptors (Lipinski definition) is 6. The van der Waals surface area contributed by atoms with Crippen LogP contribution in [0.25, 0.3) is 0 Å². The summed E-state index contributed by atoms with van der Waals surface area (Å²) in [6, 6.07) is 14.8. The lowest BCUT2D eigenvalue weighted by Crippen LogP contribution is -2.15. The van der Waals surface area contributed by atoms with Crippen LogP contribution in [0.1, 0.15) is 32.2 Å². The molecule has 8 heteroatoms. The van der Waals surface area contributed by atoms with Gasteiger partial charge in [-0.1, -0.05) is 56.3 Å². The summed E-state index contributed by atoms with van der Waals surface area (Å²) in [4.78, 5) is 12.2. The van der Waals surface area contributed by atoms with Crippen molar-refractivity contribution < 1.29 is 13.9 Å². The molecule has 29 heavy (non-hydrogen) atoms. The summed E-state index contributed by atoms with van der Waals surface area (Å²) in [6.45, 7) is 6.59. The Kier molecular flexibility index (Phi) is 6.82. The van der Waals surface area contributed by atoms with Crippen LogP contribution in [0.15, 0.2) is 58.2 Å². The van der Waals surface area contributed by atoms with E-state index in [0.717, 1.165) is 5.69 Å². The van der Waals surface area contributed by atoms with Gasteiger partial charge < -0.3 is 14.5 Å². The lowest BCUT2D eigenvalue weighted by atomic mass is 9.87. The highest BCUT2D eigenvalue weighted by Crippen LogP contribution is 2.24. The quantitative estimate of drug-likeness (QED) is 0.509. The third-order valence-electron chi connectivity index (χ3n) is 3.99. The van der Waals surface area contributed by atoms with Gasteiger partial charge in [0.1, 0.15) is 5.75 Å². The average Bonchev–Trinajstić information content (AvgIpc) is 3.14. The van der Waals surface area contributed by atoms with Crippen LogP contribution in [0.5, 0.6) is 5.75 Å². The van der Waals surface area contributed by atoms with E-state index in [1.54, 1.807) is 24.3 Å². The van der Waals surface area contributed by atoms with E-state index < -0.39 is 0 Å². The standard InChI is InChI=1S/C21H22ClN3O3S/c1-21(2,3)14-4-8-16(9-5-14)23-18(26)13-29-20-25-24-19(28-20)12-27-17-10-6-15(22)7-11-17/h4-11H,12-13H2,1-3H3,(H,23,26). The molecule has 6 nitrogen and oxygen atoms in total. The van der Waals surface area contributed by atoms with Crippen LogP contribution in [-0.4, -0.2) is 21.9 Å². The topological polar surface area (TPSA) is 77.2 Å². The number of benzene rings is 2. The molecule has 1 aromatic heterocycles. The molecular formula is C21H22ClN3O3S. The van der Waals surface area contributed by atoms with Gasteiger partial charge in [-0.25, -0.2) is 0 Å². The fourth-order valence-electron chi connectivity index (χ4n) is 2.41. The van der Waals surface area contributed by atoms with E-state index in [4.69, 9.17) is 20.8 Å². The first-order valence-corrected chi connectivity index (χ1v) is 10.4. The second-order valence-corrected chi connectivity index (χ2v) is 8.73. The van der Waals surface area contributed by atoms with Crippen molar-refractivity contribution in [2.45, 2.75) is 38.0 Å². The molecule has 0 unspecified atom stereocenters. The molecule has 0 atom stereocenters. The smallest absolute Gasteiger partial charge is 0.277 e. The number of anilines is 1. The third kappa shape index (κ3) is 6.51. The first-order valence-electron chi connectivity index (χ1n) is 9.03. The van der Waals surface area contributed by atoms with Crippen molar-refractivity contribution in [2.75, 3.05) is 11.1 Å². The Morgan fingerprint density at radius 3 is 2.45 bits per heavy atom. The molecule has 0 bridgehead atoms. The number of nitrogens with one attached hydrogen (secondary N) is 1. The van der Waals surface area contributed by atoms with Crippen LogP contribution in [-0.2, 0) is 16.8 Å². The van der Waals surface area contributed by atoms with Gasteiger partial charge in [-0.05, 0) is 47.4 Å². The highest BCUT2D eigenvalue weighted by atomic mass is 35.5. The van der Waals surface area contributed by atoms with Crippen molar-refractivity contribution in [3.05, 3.63) is 65.0 Å². The maximum Gasteiger partial charge on any atom is 0.277 e. The molecule has 152 valence electrons. The third-order valence-corrected chi connectivity index (χ3v) is 5.06. The molecule has 1 amide bonds. The highest BCUT2D eigenvalue weighted by Gasteiger charge is 2.14. The molecule has 0 fully saturated rings. The largest absolute Gasteiger partial charge is 0.484 e. The van der Waals surface area contributed by atoms with Gasteiger partial charge in [-0.15, -0.1) is 10.2 Å². The number of carbonyl (C=O) groups is 1. The van der Waals surface area contributed by atoms with Crippen molar-refractivity contribution >= 4 is 35.0 Å². The number of thioether (sulfide) groups is 1. The Balaban J connectivity index is 1.45. The van der Waals surface area contributed by atoms with Crippen molar-refractivity contribution in [1.82, 2.24) is 10.2 Å². The first-order chi connectivity index (χ1) is 13.8. The minimum atomic E-state index is -0.143. The van der Waals surface area contributed by atoms with Gasteiger partial charge in [-0.3, -0.25) is 4.79 Å². The number of amides is 1. The summed E-state index contributed by atoms with van der Waals surface area (Å²) in [5.41, 5.74) is 2.04. The number of halogens is 1. The number of carbonyl (C=O) groups excluding carboxylic acids is 1. The van der Waals surface area contributed by atoms with E-state index >= 15 is 0 Å². The van der Waals surface area contributed by atoms with Gasteiger partial charge in [0.25, 0.3) is 11.1 Å². The van der Waals surface area contributed by atoms with Crippen LogP contribution in [0.4, 0.5) is 5.69 Å². The SMILES string of the molecule is CC(C)(C)c1ccc(NC(=O)CSc2nnc(COc3ccc(Cl)cc3)o2)cc1. The molecule has 2 aromatic carbocycles. The normalized spacial score (nSPS) is 11.3. The fraction of sp³-hybridized carbons (Fsp3) is 0.286. The van der Waals surface area contributed by atoms with Gasteiger partial charge in [-0.2, -0.15) is 0 Å². The number of aromatic nitrogens is 2. The van der Waals surface area contributed by atoms with Crippen molar-refractivity contribution in [2.24, 2.45) is 0 Å². The molecule has 0 spiro atoms. The molecule has 1 N–H and O–H groups in total. The van der Waals surface area contributed by atoms with E-state index in [1.807, 2.05) is 24.3 Å². The average molecular weight is 432 g/mol. The summed E-state index contributed by atoms with van der Waals surface area (Å²) in [5.74, 6) is 1.01. The first kappa shape index (κ1) is 21.2. The monoisotopic (exact) mass is 431 g/mol. The van der Waals surface area contributed by atoms with Crippen LogP contribution >= 0.6 is 23.4 Å². The second kappa shape index (κ2) is 9.33. The van der Waals surface area contributed by atoms with E-state index in [0.29, 0.717) is 21.9 Å². The molecule has 0 saturated carbocycles. The number of rotatable bonds is 7. The maximum atomic E-state index is 12.2. The molecular weight excluding hydrogens is 410 g/mol. The van der Waals surface area contributed by atoms with Crippen molar-refractivity contribution in [3.63, 3.8) is 0 Å². The van der Waals surface area contributed by atoms with E-state index in [-0.39, 0.29) is 23.7 Å². The Morgan fingerprint density at radius 1 is 1.10 bits per heavy atom. The molecule has 1 heterocycles. The molecule has 0 radical (unpaired) electrons. The zero-order valence-electron chi connectivity index (χ0n) is 16.4. The van der Waals surface area contributed by atoms with E-state index in [2.05, 4.69) is 36.3 Å². The Morgan fingerprint density at radius 2 is 1.79 bits per heavy atom. The second-order valence-electron chi connectivity index (χ2n) is 7.37. The van der Waals surface area contributed by atoms with Crippen LogP contribution < -0.4 is 10.1 Å². The molecule has 0 saturated heterocycles. The molecule has 3 rings (SSSR count). The van der Waals surface area contributed by atoms with E-state index in [1.165, 1.54) is 17.3 Å². The van der Waals surface area contributed by atoms with Crippen LogP contribution in [0.3, 0.4) is 0 Å². The molecule has 0 aliphatic rings. The minimum Gasteiger partial charge on any atom is -0.484 e. The van der Waals surface area contributed by atoms with Crippen LogP contribution in [0.2, 0.25) is 5.02 Å². The lowest BCUT2D eigenvalue weighted by molar-refractivity contribution is -0.113. The summed E-state index contributed by atoms with van der Waals surface area (Å²) in [7, 11) is 0. The van der Waals surface area contributed by atoms with E-state index in [9.17, 15) is 4.79 Å².